The lowest BCUT2D eigenvalue weighted by Crippen LogP contribution is -2.51. The second-order valence-corrected chi connectivity index (χ2v) is 11.9. The van der Waals surface area contributed by atoms with Gasteiger partial charge in [-0.05, 0) is 41.5 Å². The zero-order valence-electron chi connectivity index (χ0n) is 23.1. The number of para-hydroxylation sites is 1. The summed E-state index contributed by atoms with van der Waals surface area (Å²) in [5, 5.41) is 7.12. The van der Waals surface area contributed by atoms with Crippen LogP contribution in [0.4, 0.5) is 5.69 Å². The smallest absolute Gasteiger partial charge is 0.285 e. The molecule has 210 valence electrons. The summed E-state index contributed by atoms with van der Waals surface area (Å²) in [7, 11) is -4.15. The number of ether oxygens (including phenoxy) is 1. The van der Waals surface area contributed by atoms with E-state index in [0.29, 0.717) is 5.76 Å². The minimum atomic E-state index is -4.15. The van der Waals surface area contributed by atoms with Crippen LogP contribution in [0.2, 0.25) is 0 Å². The van der Waals surface area contributed by atoms with Gasteiger partial charge < -0.3 is 4.74 Å². The van der Waals surface area contributed by atoms with Crippen molar-refractivity contribution in [3.8, 4) is 0 Å². The summed E-state index contributed by atoms with van der Waals surface area (Å²) in [6.07, 6.45) is 1.98. The molecule has 0 saturated heterocycles. The van der Waals surface area contributed by atoms with E-state index in [9.17, 15) is 8.42 Å². The topological polar surface area (TPSA) is 71.3 Å². The fourth-order valence-corrected chi connectivity index (χ4v) is 6.74. The van der Waals surface area contributed by atoms with Crippen LogP contribution in [0.15, 0.2) is 172 Å². The van der Waals surface area contributed by atoms with E-state index >= 15 is 0 Å². The van der Waals surface area contributed by atoms with Gasteiger partial charge in [0.25, 0.3) is 10.0 Å². The second kappa shape index (κ2) is 10.9. The molecular weight excluding hydrogens is 554 g/mol. The first kappa shape index (κ1) is 26.6. The molecule has 7 rings (SSSR count). The highest BCUT2D eigenvalue weighted by Crippen LogP contribution is 2.51. The minimum absolute atomic E-state index is 0.0302. The largest absolute Gasteiger partial charge is 0.439 e. The number of nitrogens with zero attached hydrogens (tertiary/aromatic N) is 3. The fraction of sp³-hybridized carbons (Fsp3) is 0.0556. The molecule has 2 aliphatic heterocycles. The zero-order valence-corrected chi connectivity index (χ0v) is 23.9. The summed E-state index contributed by atoms with van der Waals surface area (Å²) in [6, 6.07) is 47.5. The summed E-state index contributed by atoms with van der Waals surface area (Å²) in [5.74, 6) is 0.0684. The number of hydrogen-bond donors (Lipinski definition) is 0. The normalized spacial score (nSPS) is 20.6. The van der Waals surface area contributed by atoms with Crippen LogP contribution in [0.3, 0.4) is 0 Å². The first-order chi connectivity index (χ1) is 21.1. The molecule has 0 amide bonds. The molecule has 0 fully saturated rings. The van der Waals surface area contributed by atoms with Gasteiger partial charge in [0, 0.05) is 5.56 Å². The van der Waals surface area contributed by atoms with Crippen LogP contribution in [0, 0.1) is 0 Å². The maximum Gasteiger partial charge on any atom is 0.285 e. The van der Waals surface area contributed by atoms with Crippen molar-refractivity contribution in [3.63, 3.8) is 0 Å². The molecular formula is C36H27N3O3S. The standard InChI is InChI=1S/C36H27N3O3S/c40-43(41,31-24-14-5-15-25-31)38-35-36(26-32(42-35)27-16-6-1-7-17-27)33(28-18-8-2-9-19-28)34(29-20-10-3-11-21-29)37-39(36)30-22-12-4-13-23-30/h1-26,33H. The monoisotopic (exact) mass is 581 g/mol. The van der Waals surface area contributed by atoms with Crippen LogP contribution < -0.4 is 5.01 Å². The van der Waals surface area contributed by atoms with E-state index in [1.54, 1.807) is 18.2 Å². The van der Waals surface area contributed by atoms with Crippen molar-refractivity contribution in [2.45, 2.75) is 16.4 Å². The third kappa shape index (κ3) is 4.73. The Morgan fingerprint density at radius 1 is 0.651 bits per heavy atom. The van der Waals surface area contributed by atoms with Crippen molar-refractivity contribution in [2.24, 2.45) is 9.50 Å². The molecule has 2 atom stereocenters. The van der Waals surface area contributed by atoms with Gasteiger partial charge in [0.05, 0.1) is 22.2 Å². The van der Waals surface area contributed by atoms with Gasteiger partial charge in [-0.1, -0.05) is 127 Å². The Morgan fingerprint density at radius 3 is 1.77 bits per heavy atom. The van der Waals surface area contributed by atoms with Gasteiger partial charge >= 0.3 is 0 Å². The van der Waals surface area contributed by atoms with Gasteiger partial charge in [0.1, 0.15) is 5.76 Å². The Balaban J connectivity index is 1.55. The number of sulfonamides is 1. The molecule has 0 aliphatic carbocycles. The van der Waals surface area contributed by atoms with Gasteiger partial charge in [0.2, 0.25) is 5.90 Å². The molecule has 2 aliphatic rings. The first-order valence-corrected chi connectivity index (χ1v) is 15.4. The van der Waals surface area contributed by atoms with E-state index in [0.717, 1.165) is 28.1 Å². The number of hydrogen-bond acceptors (Lipinski definition) is 5. The highest BCUT2D eigenvalue weighted by Gasteiger charge is 2.60. The van der Waals surface area contributed by atoms with E-state index in [4.69, 9.17) is 9.84 Å². The maximum atomic E-state index is 13.9. The van der Waals surface area contributed by atoms with Crippen LogP contribution >= 0.6 is 0 Å². The third-order valence-electron chi connectivity index (χ3n) is 7.68. The number of anilines is 1. The number of rotatable bonds is 6. The molecule has 5 aromatic rings. The quantitative estimate of drug-likeness (QED) is 0.211. The first-order valence-electron chi connectivity index (χ1n) is 14.0. The van der Waals surface area contributed by atoms with E-state index in [1.165, 1.54) is 12.1 Å². The van der Waals surface area contributed by atoms with Gasteiger partial charge in [-0.3, -0.25) is 0 Å². The van der Waals surface area contributed by atoms with Crippen molar-refractivity contribution in [3.05, 3.63) is 174 Å². The molecule has 0 radical (unpaired) electrons. The lowest BCUT2D eigenvalue weighted by atomic mass is 9.75. The van der Waals surface area contributed by atoms with Gasteiger partial charge in [0.15, 0.2) is 5.54 Å². The summed E-state index contributed by atoms with van der Waals surface area (Å²) in [5.41, 5.74) is 2.96. The lowest BCUT2D eigenvalue weighted by molar-refractivity contribution is 0.474. The Labute approximate surface area is 251 Å². The molecule has 5 aromatic carbocycles. The Morgan fingerprint density at radius 2 is 1.16 bits per heavy atom. The van der Waals surface area contributed by atoms with E-state index < -0.39 is 21.5 Å². The Bertz CT molecular complexity index is 1950. The lowest BCUT2D eigenvalue weighted by Gasteiger charge is -2.36. The van der Waals surface area contributed by atoms with E-state index in [2.05, 4.69) is 4.40 Å². The minimum Gasteiger partial charge on any atom is -0.439 e. The Hall–Kier alpha value is -5.27. The van der Waals surface area contributed by atoms with Gasteiger partial charge in [-0.2, -0.15) is 13.5 Å². The molecule has 0 bridgehead atoms. The van der Waals surface area contributed by atoms with Crippen LogP contribution in [-0.2, 0) is 14.8 Å². The fourth-order valence-electron chi connectivity index (χ4n) is 5.74. The average molecular weight is 582 g/mol. The molecule has 0 N–H and O–H groups in total. The predicted octanol–water partition coefficient (Wildman–Crippen LogP) is 7.29. The van der Waals surface area contributed by atoms with Crippen molar-refractivity contribution in [1.82, 2.24) is 0 Å². The van der Waals surface area contributed by atoms with Crippen molar-refractivity contribution in [2.75, 3.05) is 5.01 Å². The van der Waals surface area contributed by atoms with Crippen molar-refractivity contribution in [1.29, 1.82) is 0 Å². The van der Waals surface area contributed by atoms with Crippen LogP contribution in [-0.4, -0.2) is 25.6 Å². The van der Waals surface area contributed by atoms with Crippen LogP contribution in [0.5, 0.6) is 0 Å². The predicted molar refractivity (Wildman–Crippen MR) is 170 cm³/mol. The number of benzene rings is 5. The third-order valence-corrected chi connectivity index (χ3v) is 8.95. The molecule has 2 unspecified atom stereocenters. The second-order valence-electron chi connectivity index (χ2n) is 10.3. The molecule has 43 heavy (non-hydrogen) atoms. The molecule has 1 spiro atoms. The maximum absolute atomic E-state index is 13.9. The van der Waals surface area contributed by atoms with Crippen LogP contribution in [0.25, 0.3) is 5.76 Å². The molecule has 2 heterocycles. The molecule has 0 aromatic heterocycles. The highest BCUT2D eigenvalue weighted by molar-refractivity contribution is 7.90. The summed E-state index contributed by atoms with van der Waals surface area (Å²) in [6.45, 7) is 0. The zero-order chi connectivity index (χ0) is 29.3. The van der Waals surface area contributed by atoms with E-state index in [1.807, 2.05) is 132 Å². The van der Waals surface area contributed by atoms with E-state index in [-0.39, 0.29) is 10.8 Å². The van der Waals surface area contributed by atoms with Crippen LogP contribution in [0.1, 0.15) is 22.6 Å². The highest BCUT2D eigenvalue weighted by atomic mass is 32.2. The number of hydrazone groups is 1. The van der Waals surface area contributed by atoms with Crippen molar-refractivity contribution >= 4 is 33.1 Å². The van der Waals surface area contributed by atoms with Gasteiger partial charge in [-0.25, -0.2) is 5.01 Å². The molecule has 7 heteroatoms. The summed E-state index contributed by atoms with van der Waals surface area (Å²) >= 11 is 0. The molecule has 6 nitrogen and oxygen atoms in total. The van der Waals surface area contributed by atoms with Gasteiger partial charge in [-0.15, -0.1) is 4.40 Å². The molecule has 0 saturated carbocycles. The summed E-state index contributed by atoms with van der Waals surface area (Å²) < 4.78 is 38.7. The van der Waals surface area contributed by atoms with Crippen molar-refractivity contribution < 1.29 is 13.2 Å². The summed E-state index contributed by atoms with van der Waals surface area (Å²) in [4.78, 5) is 0.0825. The average Bonchev–Trinajstić information content (AvgIpc) is 3.61. The Kier molecular flexibility index (Phi) is 6.72. The SMILES string of the molecule is O=S(=O)(N=C1OC(c2ccccc2)=CC12C(c1ccccc1)C(c1ccccc1)=NN2c1ccccc1)c1ccccc1.